The monoisotopic (exact) mass is 361 g/mol. The first-order valence-corrected chi connectivity index (χ1v) is 6.94. The third-order valence-corrected chi connectivity index (χ3v) is 3.33. The summed E-state index contributed by atoms with van der Waals surface area (Å²) in [6.45, 7) is 0. The van der Waals surface area contributed by atoms with E-state index in [2.05, 4.69) is 4.74 Å². The van der Waals surface area contributed by atoms with E-state index in [9.17, 15) is 31.9 Å². The van der Waals surface area contributed by atoms with E-state index >= 15 is 0 Å². The standard InChI is InChI=1S/C16H12F5NO3/c17-9-10(18)12(20)15(13(21)11(9)19)25-16(24)14(23)8(22)6-7-4-2-1-3-5-7/h1-5,8,14,23H,6,22H2. The van der Waals surface area contributed by atoms with E-state index in [-0.39, 0.29) is 6.42 Å². The van der Waals surface area contributed by atoms with Crippen LogP contribution in [0.1, 0.15) is 5.56 Å². The molecule has 9 heteroatoms. The molecule has 2 atom stereocenters. The van der Waals surface area contributed by atoms with E-state index < -0.39 is 53.0 Å². The van der Waals surface area contributed by atoms with Crippen LogP contribution in [0.25, 0.3) is 0 Å². The van der Waals surface area contributed by atoms with Gasteiger partial charge in [0, 0.05) is 6.04 Å². The van der Waals surface area contributed by atoms with Gasteiger partial charge in [-0.15, -0.1) is 0 Å². The van der Waals surface area contributed by atoms with Gasteiger partial charge in [0.2, 0.25) is 34.8 Å². The number of halogens is 5. The highest BCUT2D eigenvalue weighted by molar-refractivity contribution is 5.78. The highest BCUT2D eigenvalue weighted by Crippen LogP contribution is 2.29. The number of hydrogen-bond acceptors (Lipinski definition) is 4. The summed E-state index contributed by atoms with van der Waals surface area (Å²) < 4.78 is 70.1. The molecule has 2 unspecified atom stereocenters. The second-order valence-corrected chi connectivity index (χ2v) is 5.12. The Morgan fingerprint density at radius 2 is 1.44 bits per heavy atom. The maximum Gasteiger partial charge on any atom is 0.342 e. The van der Waals surface area contributed by atoms with Gasteiger partial charge in [-0.3, -0.25) is 0 Å². The second-order valence-electron chi connectivity index (χ2n) is 5.12. The lowest BCUT2D eigenvalue weighted by Gasteiger charge is -2.18. The van der Waals surface area contributed by atoms with Crippen molar-refractivity contribution >= 4 is 5.97 Å². The van der Waals surface area contributed by atoms with Crippen molar-refractivity contribution in [3.05, 3.63) is 65.0 Å². The van der Waals surface area contributed by atoms with Gasteiger partial charge in [-0.2, -0.15) is 8.78 Å². The van der Waals surface area contributed by atoms with Gasteiger partial charge in [0.25, 0.3) is 0 Å². The minimum Gasteiger partial charge on any atom is -0.418 e. The number of esters is 1. The van der Waals surface area contributed by atoms with Crippen molar-refractivity contribution < 1.29 is 36.6 Å². The molecule has 3 N–H and O–H groups in total. The van der Waals surface area contributed by atoms with Crippen LogP contribution in [-0.4, -0.2) is 23.2 Å². The molecule has 0 aliphatic rings. The van der Waals surface area contributed by atoms with Crippen LogP contribution in [0, 0.1) is 29.1 Å². The molecule has 2 aromatic carbocycles. The first kappa shape index (κ1) is 18.8. The Hall–Kier alpha value is -2.52. The molecule has 0 aliphatic heterocycles. The van der Waals surface area contributed by atoms with E-state index in [4.69, 9.17) is 5.73 Å². The van der Waals surface area contributed by atoms with E-state index in [1.165, 1.54) is 0 Å². The van der Waals surface area contributed by atoms with Gasteiger partial charge in [-0.05, 0) is 12.0 Å². The fourth-order valence-electron chi connectivity index (χ4n) is 2.01. The van der Waals surface area contributed by atoms with Crippen molar-refractivity contribution in [1.29, 1.82) is 0 Å². The summed E-state index contributed by atoms with van der Waals surface area (Å²) in [5, 5.41) is 9.78. The average Bonchev–Trinajstić information content (AvgIpc) is 2.61. The summed E-state index contributed by atoms with van der Waals surface area (Å²) in [6.07, 6.45) is -2.04. The van der Waals surface area contributed by atoms with Crippen LogP contribution in [0.5, 0.6) is 5.75 Å². The highest BCUT2D eigenvalue weighted by atomic mass is 19.2. The molecule has 0 amide bonds. The summed E-state index contributed by atoms with van der Waals surface area (Å²) in [7, 11) is 0. The number of aliphatic hydroxyl groups excluding tert-OH is 1. The van der Waals surface area contributed by atoms with Gasteiger partial charge in [-0.25, -0.2) is 18.0 Å². The Kier molecular flexibility index (Phi) is 5.70. The van der Waals surface area contributed by atoms with Crippen LogP contribution in [0.3, 0.4) is 0 Å². The van der Waals surface area contributed by atoms with Gasteiger partial charge in [0.1, 0.15) is 0 Å². The molecule has 25 heavy (non-hydrogen) atoms. The van der Waals surface area contributed by atoms with Gasteiger partial charge in [-0.1, -0.05) is 30.3 Å². The van der Waals surface area contributed by atoms with Gasteiger partial charge >= 0.3 is 5.97 Å². The topological polar surface area (TPSA) is 72.5 Å². The summed E-state index contributed by atoms with van der Waals surface area (Å²) in [5.74, 6) is -15.0. The van der Waals surface area contributed by atoms with Crippen LogP contribution in [0.15, 0.2) is 30.3 Å². The SMILES string of the molecule is NC(Cc1ccccc1)C(O)C(=O)Oc1c(F)c(F)c(F)c(F)c1F. The molecule has 0 heterocycles. The quantitative estimate of drug-likeness (QED) is 0.282. The molecule has 0 bridgehead atoms. The molecular formula is C16H12F5NO3. The lowest BCUT2D eigenvalue weighted by Crippen LogP contribution is -2.44. The zero-order valence-corrected chi connectivity index (χ0v) is 12.5. The van der Waals surface area contributed by atoms with Crippen molar-refractivity contribution in [1.82, 2.24) is 0 Å². The first-order chi connectivity index (χ1) is 11.7. The third-order valence-electron chi connectivity index (χ3n) is 3.33. The minimum absolute atomic E-state index is 0.00815. The molecule has 2 aromatic rings. The van der Waals surface area contributed by atoms with E-state index in [0.717, 1.165) is 0 Å². The van der Waals surface area contributed by atoms with Crippen molar-refractivity contribution in [2.75, 3.05) is 0 Å². The van der Waals surface area contributed by atoms with E-state index in [1.54, 1.807) is 30.3 Å². The van der Waals surface area contributed by atoms with Crippen LogP contribution in [0.2, 0.25) is 0 Å². The summed E-state index contributed by atoms with van der Waals surface area (Å²) in [5.41, 5.74) is 6.27. The third kappa shape index (κ3) is 3.94. The predicted molar refractivity (Wildman–Crippen MR) is 76.0 cm³/mol. The van der Waals surface area contributed by atoms with E-state index in [1.807, 2.05) is 0 Å². The Balaban J connectivity index is 2.16. The number of rotatable bonds is 5. The molecule has 0 fully saturated rings. The number of hydrogen-bond donors (Lipinski definition) is 2. The molecule has 0 radical (unpaired) electrons. The fourth-order valence-corrected chi connectivity index (χ4v) is 2.01. The largest absolute Gasteiger partial charge is 0.418 e. The number of ether oxygens (including phenoxy) is 1. The fraction of sp³-hybridized carbons (Fsp3) is 0.188. The molecule has 0 spiro atoms. The minimum atomic E-state index is -2.39. The molecule has 4 nitrogen and oxygen atoms in total. The Morgan fingerprint density at radius 3 is 1.96 bits per heavy atom. The molecule has 0 aromatic heterocycles. The molecule has 0 aliphatic carbocycles. The number of benzene rings is 2. The smallest absolute Gasteiger partial charge is 0.342 e. The Morgan fingerprint density at radius 1 is 0.960 bits per heavy atom. The number of carbonyl (C=O) groups is 1. The highest BCUT2D eigenvalue weighted by Gasteiger charge is 2.32. The van der Waals surface area contributed by atoms with Gasteiger partial charge in [0.05, 0.1) is 0 Å². The summed E-state index contributed by atoms with van der Waals surface area (Å²) in [4.78, 5) is 11.7. The van der Waals surface area contributed by atoms with Crippen LogP contribution >= 0.6 is 0 Å². The predicted octanol–water partition coefficient (Wildman–Crippen LogP) is 2.22. The van der Waals surface area contributed by atoms with Gasteiger partial charge in [0.15, 0.2) is 6.10 Å². The first-order valence-electron chi connectivity index (χ1n) is 6.94. The number of nitrogens with two attached hydrogens (primary N) is 1. The van der Waals surface area contributed by atoms with E-state index in [0.29, 0.717) is 5.56 Å². The number of aliphatic hydroxyl groups is 1. The number of carbonyl (C=O) groups excluding carboxylic acids is 1. The second kappa shape index (κ2) is 7.58. The lowest BCUT2D eigenvalue weighted by atomic mass is 10.0. The Labute approximate surface area is 138 Å². The molecule has 2 rings (SSSR count). The zero-order valence-electron chi connectivity index (χ0n) is 12.5. The van der Waals surface area contributed by atoms with Crippen LogP contribution < -0.4 is 10.5 Å². The molecular weight excluding hydrogens is 349 g/mol. The van der Waals surface area contributed by atoms with Crippen molar-refractivity contribution in [3.8, 4) is 5.75 Å². The molecule has 0 saturated carbocycles. The van der Waals surface area contributed by atoms with Crippen molar-refractivity contribution in [2.24, 2.45) is 5.73 Å². The maximum atomic E-state index is 13.5. The molecule has 134 valence electrons. The van der Waals surface area contributed by atoms with Gasteiger partial charge < -0.3 is 15.6 Å². The van der Waals surface area contributed by atoms with Crippen LogP contribution in [-0.2, 0) is 11.2 Å². The van der Waals surface area contributed by atoms with Crippen LogP contribution in [0.4, 0.5) is 22.0 Å². The summed E-state index contributed by atoms with van der Waals surface area (Å²) >= 11 is 0. The average molecular weight is 361 g/mol. The maximum absolute atomic E-state index is 13.5. The summed E-state index contributed by atoms with van der Waals surface area (Å²) in [6, 6.07) is 7.17. The van der Waals surface area contributed by atoms with Crippen molar-refractivity contribution in [2.45, 2.75) is 18.6 Å². The Bertz CT molecular complexity index is 756. The lowest BCUT2D eigenvalue weighted by molar-refractivity contribution is -0.145. The normalized spacial score (nSPS) is 13.4. The zero-order chi connectivity index (χ0) is 18.7. The molecule has 0 saturated heterocycles. The van der Waals surface area contributed by atoms with Crippen molar-refractivity contribution in [3.63, 3.8) is 0 Å².